The molecule has 2 aromatic carbocycles. The molecule has 0 amide bonds. The van der Waals surface area contributed by atoms with Gasteiger partial charge in [0.25, 0.3) is 0 Å². The summed E-state index contributed by atoms with van der Waals surface area (Å²) in [6.07, 6.45) is 1.14. The summed E-state index contributed by atoms with van der Waals surface area (Å²) in [6.45, 7) is 3.99. The van der Waals surface area contributed by atoms with Crippen LogP contribution in [-0.2, 0) is 6.54 Å². The fourth-order valence-corrected chi connectivity index (χ4v) is 2.89. The topological polar surface area (TPSA) is 15.3 Å². The minimum absolute atomic E-state index is 0.168. The first-order chi connectivity index (χ1) is 10.3. The van der Waals surface area contributed by atoms with Crippen LogP contribution in [0.15, 0.2) is 54.6 Å². The lowest BCUT2D eigenvalue weighted by molar-refractivity contribution is 0.260. The van der Waals surface area contributed by atoms with Crippen molar-refractivity contribution in [1.82, 2.24) is 10.2 Å². The summed E-state index contributed by atoms with van der Waals surface area (Å²) in [7, 11) is 0. The molecule has 3 rings (SSSR count). The average Bonchev–Trinajstić information content (AvgIpc) is 2.76. The number of benzene rings is 2. The van der Waals surface area contributed by atoms with Crippen molar-refractivity contribution in [3.63, 3.8) is 0 Å². The van der Waals surface area contributed by atoms with Gasteiger partial charge in [-0.25, -0.2) is 4.39 Å². The quantitative estimate of drug-likeness (QED) is 0.929. The van der Waals surface area contributed by atoms with E-state index in [1.165, 1.54) is 11.1 Å². The van der Waals surface area contributed by atoms with Gasteiger partial charge in [-0.1, -0.05) is 42.5 Å². The maximum absolute atomic E-state index is 13.0. The number of hydrogen-bond acceptors (Lipinski definition) is 2. The minimum atomic E-state index is -0.168. The van der Waals surface area contributed by atoms with Crippen molar-refractivity contribution in [2.24, 2.45) is 0 Å². The van der Waals surface area contributed by atoms with Crippen molar-refractivity contribution in [1.29, 1.82) is 0 Å². The van der Waals surface area contributed by atoms with Crippen LogP contribution in [-0.4, -0.2) is 24.5 Å². The van der Waals surface area contributed by atoms with Gasteiger partial charge in [0.2, 0.25) is 0 Å². The summed E-state index contributed by atoms with van der Waals surface area (Å²) in [5.41, 5.74) is 2.51. The summed E-state index contributed by atoms with van der Waals surface area (Å²) >= 11 is 0. The zero-order valence-corrected chi connectivity index (χ0v) is 12.1. The van der Waals surface area contributed by atoms with Crippen molar-refractivity contribution in [3.05, 3.63) is 71.5 Å². The molecule has 0 spiro atoms. The van der Waals surface area contributed by atoms with E-state index in [1.54, 1.807) is 12.1 Å². The molecule has 1 atom stereocenters. The van der Waals surface area contributed by atoms with E-state index in [2.05, 4.69) is 40.5 Å². The fourth-order valence-electron chi connectivity index (χ4n) is 2.89. The maximum Gasteiger partial charge on any atom is 0.123 e. The number of nitrogens with one attached hydrogen (secondary N) is 1. The molecule has 110 valence electrons. The first kappa shape index (κ1) is 14.2. The highest BCUT2D eigenvalue weighted by molar-refractivity contribution is 5.20. The molecular weight excluding hydrogens is 263 g/mol. The first-order valence-electron chi connectivity index (χ1n) is 7.56. The van der Waals surface area contributed by atoms with Gasteiger partial charge in [0, 0.05) is 19.1 Å². The fraction of sp³-hybridized carbons (Fsp3) is 0.333. The van der Waals surface area contributed by atoms with E-state index < -0.39 is 0 Å². The van der Waals surface area contributed by atoms with E-state index in [0.29, 0.717) is 6.04 Å². The summed E-state index contributed by atoms with van der Waals surface area (Å²) in [4.78, 5) is 2.45. The molecule has 2 aromatic rings. The third-order valence-electron chi connectivity index (χ3n) is 4.00. The zero-order valence-electron chi connectivity index (χ0n) is 12.1. The molecule has 0 bridgehead atoms. The molecule has 1 fully saturated rings. The Morgan fingerprint density at radius 1 is 1.05 bits per heavy atom. The van der Waals surface area contributed by atoms with E-state index in [0.717, 1.165) is 32.6 Å². The Hall–Kier alpha value is -1.71. The summed E-state index contributed by atoms with van der Waals surface area (Å²) < 4.78 is 13.0. The number of hydrogen-bond donors (Lipinski definition) is 1. The summed E-state index contributed by atoms with van der Waals surface area (Å²) in [6, 6.07) is 17.8. The van der Waals surface area contributed by atoms with Gasteiger partial charge >= 0.3 is 0 Å². The van der Waals surface area contributed by atoms with Crippen LogP contribution in [0.25, 0.3) is 0 Å². The van der Waals surface area contributed by atoms with Crippen LogP contribution in [0.2, 0.25) is 0 Å². The molecule has 0 radical (unpaired) electrons. The summed E-state index contributed by atoms with van der Waals surface area (Å²) in [5.74, 6) is -0.168. The summed E-state index contributed by atoms with van der Waals surface area (Å²) in [5, 5.41) is 3.62. The van der Waals surface area contributed by atoms with E-state index in [9.17, 15) is 4.39 Å². The molecule has 1 saturated heterocycles. The Kier molecular flexibility index (Phi) is 4.63. The minimum Gasteiger partial charge on any atom is -0.309 e. The monoisotopic (exact) mass is 284 g/mol. The van der Waals surface area contributed by atoms with Gasteiger partial charge in [0.05, 0.1) is 0 Å². The number of nitrogens with zero attached hydrogens (tertiary/aromatic N) is 1. The second-order valence-electron chi connectivity index (χ2n) is 5.63. The van der Waals surface area contributed by atoms with Crippen LogP contribution in [0.1, 0.15) is 23.6 Å². The Balaban J connectivity index is 1.69. The number of rotatable bonds is 3. The molecular formula is C18H21FN2. The van der Waals surface area contributed by atoms with Gasteiger partial charge in [-0.05, 0) is 42.8 Å². The first-order valence-corrected chi connectivity index (χ1v) is 7.56. The molecule has 0 aliphatic carbocycles. The molecule has 1 N–H and O–H groups in total. The Morgan fingerprint density at radius 2 is 1.81 bits per heavy atom. The Labute approximate surface area is 125 Å². The standard InChI is InChI=1S/C18H21FN2/c19-17-9-7-15(8-10-17)13-21-12-4-11-20-18(14-21)16-5-2-1-3-6-16/h1-3,5-10,18,20H,4,11-14H2. The van der Waals surface area contributed by atoms with E-state index >= 15 is 0 Å². The zero-order chi connectivity index (χ0) is 14.5. The number of halogens is 1. The van der Waals surface area contributed by atoms with Gasteiger partial charge in [-0.2, -0.15) is 0 Å². The molecule has 0 aromatic heterocycles. The lowest BCUT2D eigenvalue weighted by atomic mass is 10.1. The van der Waals surface area contributed by atoms with Crippen LogP contribution >= 0.6 is 0 Å². The normalized spacial score (nSPS) is 20.1. The van der Waals surface area contributed by atoms with E-state index in [-0.39, 0.29) is 5.82 Å². The predicted molar refractivity (Wildman–Crippen MR) is 83.5 cm³/mol. The molecule has 0 saturated carbocycles. The van der Waals surface area contributed by atoms with E-state index in [4.69, 9.17) is 0 Å². The Morgan fingerprint density at radius 3 is 2.57 bits per heavy atom. The highest BCUT2D eigenvalue weighted by Gasteiger charge is 2.18. The van der Waals surface area contributed by atoms with Gasteiger partial charge in [0.1, 0.15) is 5.82 Å². The smallest absolute Gasteiger partial charge is 0.123 e. The SMILES string of the molecule is Fc1ccc(CN2CCCNC(c3ccccc3)C2)cc1. The van der Waals surface area contributed by atoms with Crippen LogP contribution in [0.5, 0.6) is 0 Å². The lowest BCUT2D eigenvalue weighted by Gasteiger charge is -2.24. The van der Waals surface area contributed by atoms with Crippen LogP contribution in [0.3, 0.4) is 0 Å². The van der Waals surface area contributed by atoms with Crippen molar-refractivity contribution in [2.45, 2.75) is 19.0 Å². The van der Waals surface area contributed by atoms with Gasteiger partial charge < -0.3 is 5.32 Å². The van der Waals surface area contributed by atoms with Crippen LogP contribution in [0, 0.1) is 5.82 Å². The Bertz CT molecular complexity index is 553. The predicted octanol–water partition coefficient (Wildman–Crippen LogP) is 3.36. The van der Waals surface area contributed by atoms with Crippen molar-refractivity contribution in [2.75, 3.05) is 19.6 Å². The van der Waals surface area contributed by atoms with Gasteiger partial charge in [0.15, 0.2) is 0 Å². The van der Waals surface area contributed by atoms with Crippen LogP contribution in [0.4, 0.5) is 4.39 Å². The largest absolute Gasteiger partial charge is 0.309 e. The molecule has 1 aliphatic heterocycles. The molecule has 2 nitrogen and oxygen atoms in total. The van der Waals surface area contributed by atoms with E-state index in [1.807, 2.05) is 12.1 Å². The van der Waals surface area contributed by atoms with Gasteiger partial charge in [-0.15, -0.1) is 0 Å². The second-order valence-corrected chi connectivity index (χ2v) is 5.63. The molecule has 1 unspecified atom stereocenters. The highest BCUT2D eigenvalue weighted by Crippen LogP contribution is 2.18. The van der Waals surface area contributed by atoms with Crippen molar-refractivity contribution >= 4 is 0 Å². The second kappa shape index (κ2) is 6.83. The third kappa shape index (κ3) is 3.90. The van der Waals surface area contributed by atoms with Crippen molar-refractivity contribution < 1.29 is 4.39 Å². The maximum atomic E-state index is 13.0. The van der Waals surface area contributed by atoms with Crippen molar-refractivity contribution in [3.8, 4) is 0 Å². The third-order valence-corrected chi connectivity index (χ3v) is 4.00. The molecule has 1 aliphatic rings. The molecule has 21 heavy (non-hydrogen) atoms. The van der Waals surface area contributed by atoms with Crippen LogP contribution < -0.4 is 5.32 Å². The molecule has 3 heteroatoms. The highest BCUT2D eigenvalue weighted by atomic mass is 19.1. The average molecular weight is 284 g/mol. The lowest BCUT2D eigenvalue weighted by Crippen LogP contribution is -2.31. The van der Waals surface area contributed by atoms with Gasteiger partial charge in [-0.3, -0.25) is 4.90 Å². The molecule has 1 heterocycles.